The van der Waals surface area contributed by atoms with Crippen LogP contribution in [0.5, 0.6) is 0 Å². The van der Waals surface area contributed by atoms with E-state index in [9.17, 15) is 4.79 Å². The van der Waals surface area contributed by atoms with Crippen LogP contribution in [-0.2, 0) is 4.74 Å². The van der Waals surface area contributed by atoms with Crippen molar-refractivity contribution >= 4 is 23.4 Å². The second-order valence-electron chi connectivity index (χ2n) is 6.40. The second-order valence-corrected chi connectivity index (χ2v) is 6.84. The molecule has 3 nitrogen and oxygen atoms in total. The number of ether oxygens (including phenoxy) is 1. The zero-order valence-electron chi connectivity index (χ0n) is 12.9. The molecule has 0 unspecified atom stereocenters. The van der Waals surface area contributed by atoms with Gasteiger partial charge in [-0.05, 0) is 54.9 Å². The second kappa shape index (κ2) is 7.17. The van der Waals surface area contributed by atoms with E-state index in [0.29, 0.717) is 28.5 Å². The highest BCUT2D eigenvalue weighted by atomic mass is 35.5. The van der Waals surface area contributed by atoms with Gasteiger partial charge in [0.1, 0.15) is 6.10 Å². The molecule has 0 heterocycles. The number of nitrogens with one attached hydrogen (secondary N) is 1. The van der Waals surface area contributed by atoms with Crippen molar-refractivity contribution in [1.29, 1.82) is 0 Å². The number of rotatable bonds is 3. The van der Waals surface area contributed by atoms with Crippen molar-refractivity contribution in [1.82, 2.24) is 0 Å². The first-order chi connectivity index (χ1) is 9.95. The molecule has 0 aliphatic heterocycles. The maximum absolute atomic E-state index is 12.1. The summed E-state index contributed by atoms with van der Waals surface area (Å²) in [5, 5.41) is 3.42. The summed E-state index contributed by atoms with van der Waals surface area (Å²) >= 11 is 5.83. The highest BCUT2D eigenvalue weighted by molar-refractivity contribution is 6.30. The van der Waals surface area contributed by atoms with Crippen molar-refractivity contribution in [2.45, 2.75) is 46.1 Å². The molecule has 0 spiro atoms. The van der Waals surface area contributed by atoms with Crippen molar-refractivity contribution in [2.24, 2.45) is 17.8 Å². The fraction of sp³-hybridized carbons (Fsp3) is 0.588. The Morgan fingerprint density at radius 3 is 2.57 bits per heavy atom. The average molecular weight is 310 g/mol. The number of halogens is 1. The zero-order valence-corrected chi connectivity index (χ0v) is 13.7. The van der Waals surface area contributed by atoms with E-state index in [2.05, 4.69) is 26.1 Å². The third-order valence-electron chi connectivity index (χ3n) is 4.31. The summed E-state index contributed by atoms with van der Waals surface area (Å²) in [5.41, 5.74) is 0.703. The SMILES string of the molecule is CC(C)[C@@H]1CC[C@@H](C)C[C@@H]1OC(=O)Nc1ccc(Cl)cc1. The van der Waals surface area contributed by atoms with Gasteiger partial charge < -0.3 is 4.74 Å². The van der Waals surface area contributed by atoms with Crippen molar-refractivity contribution in [3.05, 3.63) is 29.3 Å². The molecular formula is C17H24ClNO2. The molecule has 0 saturated heterocycles. The van der Waals surface area contributed by atoms with Crippen LogP contribution in [0.4, 0.5) is 10.5 Å². The molecule has 2 rings (SSSR count). The number of amides is 1. The highest BCUT2D eigenvalue weighted by Crippen LogP contribution is 2.35. The van der Waals surface area contributed by atoms with Crippen molar-refractivity contribution in [3.63, 3.8) is 0 Å². The Balaban J connectivity index is 1.94. The average Bonchev–Trinajstić information content (AvgIpc) is 2.41. The lowest BCUT2D eigenvalue weighted by molar-refractivity contribution is 0.0126. The normalized spacial score (nSPS) is 25.7. The van der Waals surface area contributed by atoms with Gasteiger partial charge in [-0.1, -0.05) is 38.8 Å². The van der Waals surface area contributed by atoms with E-state index >= 15 is 0 Å². The molecule has 4 heteroatoms. The molecule has 1 saturated carbocycles. The van der Waals surface area contributed by atoms with Crippen LogP contribution >= 0.6 is 11.6 Å². The number of hydrogen-bond acceptors (Lipinski definition) is 2. The molecule has 116 valence electrons. The Hall–Kier alpha value is -1.22. The number of benzene rings is 1. The topological polar surface area (TPSA) is 38.3 Å². The van der Waals surface area contributed by atoms with Crippen LogP contribution in [-0.4, -0.2) is 12.2 Å². The maximum atomic E-state index is 12.1. The van der Waals surface area contributed by atoms with Gasteiger partial charge in [-0.15, -0.1) is 0 Å². The third kappa shape index (κ3) is 4.63. The van der Waals surface area contributed by atoms with E-state index in [0.717, 1.165) is 12.8 Å². The third-order valence-corrected chi connectivity index (χ3v) is 4.56. The van der Waals surface area contributed by atoms with E-state index in [1.54, 1.807) is 24.3 Å². The first kappa shape index (κ1) is 16.2. The Morgan fingerprint density at radius 2 is 1.95 bits per heavy atom. The molecule has 1 N–H and O–H groups in total. The summed E-state index contributed by atoms with van der Waals surface area (Å²) in [7, 11) is 0. The standard InChI is InChI=1S/C17H24ClNO2/c1-11(2)15-9-4-12(3)10-16(15)21-17(20)19-14-7-5-13(18)6-8-14/h5-8,11-12,15-16H,4,9-10H2,1-3H3,(H,19,20)/t12-,15+,16+/m1/s1. The number of carbonyl (C=O) groups excluding carboxylic acids is 1. The Bertz CT molecular complexity index is 472. The van der Waals surface area contributed by atoms with Gasteiger partial charge in [0.15, 0.2) is 0 Å². The van der Waals surface area contributed by atoms with Gasteiger partial charge in [0, 0.05) is 10.7 Å². The van der Waals surface area contributed by atoms with Crippen LogP contribution < -0.4 is 5.32 Å². The summed E-state index contributed by atoms with van der Waals surface area (Å²) in [5.74, 6) is 1.61. The summed E-state index contributed by atoms with van der Waals surface area (Å²) in [6, 6.07) is 7.04. The number of carbonyl (C=O) groups is 1. The van der Waals surface area contributed by atoms with Crippen LogP contribution in [0.3, 0.4) is 0 Å². The minimum atomic E-state index is -0.373. The molecule has 1 aromatic carbocycles. The van der Waals surface area contributed by atoms with Crippen molar-refractivity contribution in [3.8, 4) is 0 Å². The predicted octanol–water partition coefficient (Wildman–Crippen LogP) is 5.35. The van der Waals surface area contributed by atoms with Gasteiger partial charge in [0.05, 0.1) is 0 Å². The Labute approximate surface area is 132 Å². The van der Waals surface area contributed by atoms with E-state index in [-0.39, 0.29) is 12.2 Å². The summed E-state index contributed by atoms with van der Waals surface area (Å²) in [6.45, 7) is 6.63. The fourth-order valence-corrected chi connectivity index (χ4v) is 3.19. The Morgan fingerprint density at radius 1 is 1.29 bits per heavy atom. The molecular weight excluding hydrogens is 286 g/mol. The van der Waals surface area contributed by atoms with Crippen LogP contribution in [0, 0.1) is 17.8 Å². The molecule has 1 aliphatic carbocycles. The number of anilines is 1. The molecule has 21 heavy (non-hydrogen) atoms. The largest absolute Gasteiger partial charge is 0.446 e. The minimum absolute atomic E-state index is 0.0149. The summed E-state index contributed by atoms with van der Waals surface area (Å²) < 4.78 is 5.69. The molecule has 0 aromatic heterocycles. The lowest BCUT2D eigenvalue weighted by Gasteiger charge is -2.36. The van der Waals surface area contributed by atoms with Crippen LogP contribution in [0.25, 0.3) is 0 Å². The van der Waals surface area contributed by atoms with Gasteiger partial charge in [-0.2, -0.15) is 0 Å². The fourth-order valence-electron chi connectivity index (χ4n) is 3.07. The molecule has 1 amide bonds. The van der Waals surface area contributed by atoms with Gasteiger partial charge >= 0.3 is 6.09 Å². The minimum Gasteiger partial charge on any atom is -0.446 e. The predicted molar refractivity (Wildman–Crippen MR) is 86.7 cm³/mol. The molecule has 1 aliphatic rings. The van der Waals surface area contributed by atoms with Crippen LogP contribution in [0.2, 0.25) is 5.02 Å². The van der Waals surface area contributed by atoms with E-state index < -0.39 is 0 Å². The molecule has 1 fully saturated rings. The van der Waals surface area contributed by atoms with Gasteiger partial charge in [0.25, 0.3) is 0 Å². The van der Waals surface area contributed by atoms with Crippen molar-refractivity contribution in [2.75, 3.05) is 5.32 Å². The first-order valence-electron chi connectivity index (χ1n) is 7.69. The smallest absolute Gasteiger partial charge is 0.411 e. The number of hydrogen-bond donors (Lipinski definition) is 1. The van der Waals surface area contributed by atoms with Gasteiger partial charge in [-0.3, -0.25) is 5.32 Å². The zero-order chi connectivity index (χ0) is 15.4. The highest BCUT2D eigenvalue weighted by Gasteiger charge is 2.33. The van der Waals surface area contributed by atoms with Crippen LogP contribution in [0.15, 0.2) is 24.3 Å². The maximum Gasteiger partial charge on any atom is 0.411 e. The first-order valence-corrected chi connectivity index (χ1v) is 8.06. The van der Waals surface area contributed by atoms with Gasteiger partial charge in [-0.25, -0.2) is 4.79 Å². The quantitative estimate of drug-likeness (QED) is 0.817. The van der Waals surface area contributed by atoms with Crippen molar-refractivity contribution < 1.29 is 9.53 Å². The summed E-state index contributed by atoms with van der Waals surface area (Å²) in [4.78, 5) is 12.1. The lowest BCUT2D eigenvalue weighted by atomic mass is 9.75. The molecule has 1 aromatic rings. The van der Waals surface area contributed by atoms with Crippen LogP contribution in [0.1, 0.15) is 40.0 Å². The van der Waals surface area contributed by atoms with Gasteiger partial charge in [0.2, 0.25) is 0 Å². The monoisotopic (exact) mass is 309 g/mol. The lowest BCUT2D eigenvalue weighted by Crippen LogP contribution is -2.36. The molecule has 0 radical (unpaired) electrons. The van der Waals surface area contributed by atoms with E-state index in [4.69, 9.17) is 16.3 Å². The molecule has 0 bridgehead atoms. The molecule has 3 atom stereocenters. The summed E-state index contributed by atoms with van der Waals surface area (Å²) in [6.07, 6.45) is 2.96. The van der Waals surface area contributed by atoms with E-state index in [1.807, 2.05) is 0 Å². The Kier molecular flexibility index (Phi) is 5.51. The van der Waals surface area contributed by atoms with E-state index in [1.165, 1.54) is 6.42 Å².